The van der Waals surface area contributed by atoms with Gasteiger partial charge < -0.3 is 9.47 Å². The molecule has 0 bridgehead atoms. The van der Waals surface area contributed by atoms with Crippen LogP contribution < -0.4 is 0 Å². The van der Waals surface area contributed by atoms with E-state index in [0.717, 1.165) is 21.6 Å². The molecule has 2 aliphatic rings. The molecule has 6 nitrogen and oxygen atoms in total. The number of benzene rings is 1. The molecule has 0 N–H and O–H groups in total. The Morgan fingerprint density at radius 1 is 1.33 bits per heavy atom. The van der Waals surface area contributed by atoms with Crippen molar-refractivity contribution >= 4 is 18.0 Å². The predicted octanol–water partition coefficient (Wildman–Crippen LogP) is 2.46. The fourth-order valence-electron chi connectivity index (χ4n) is 3.28. The van der Waals surface area contributed by atoms with E-state index < -0.39 is 35.7 Å². The number of carbonyl (C=O) groups excluding carboxylic acids is 3. The average Bonchev–Trinajstić information content (AvgIpc) is 2.91. The molecule has 128 valence electrons. The van der Waals surface area contributed by atoms with Crippen LogP contribution in [0.25, 0.3) is 0 Å². The molecule has 1 fully saturated rings. The van der Waals surface area contributed by atoms with E-state index in [0.29, 0.717) is 12.8 Å². The normalized spacial score (nSPS) is 22.8. The summed E-state index contributed by atoms with van der Waals surface area (Å²) in [5, 5.41) is 0. The summed E-state index contributed by atoms with van der Waals surface area (Å²) in [5.74, 6) is -1.12. The maximum absolute atomic E-state index is 12.9. The fraction of sp³-hybridized carbons (Fsp3) is 0.500. The third-order valence-corrected chi connectivity index (χ3v) is 4.22. The van der Waals surface area contributed by atoms with Crippen LogP contribution in [0.4, 0.5) is 4.79 Å². The van der Waals surface area contributed by atoms with Crippen LogP contribution in [0.2, 0.25) is 0 Å². The van der Waals surface area contributed by atoms with E-state index in [-0.39, 0.29) is 0 Å². The van der Waals surface area contributed by atoms with Gasteiger partial charge in [-0.25, -0.2) is 9.69 Å². The Balaban J connectivity index is 1.85. The molecule has 0 saturated carbocycles. The molecule has 0 unspecified atom stereocenters. The molecule has 1 spiro atoms. The first-order valence-corrected chi connectivity index (χ1v) is 7.99. The van der Waals surface area contributed by atoms with Crippen molar-refractivity contribution in [1.29, 1.82) is 0 Å². The van der Waals surface area contributed by atoms with Gasteiger partial charge in [-0.2, -0.15) is 0 Å². The van der Waals surface area contributed by atoms with Gasteiger partial charge in [-0.15, -0.1) is 0 Å². The minimum atomic E-state index is -1.29. The summed E-state index contributed by atoms with van der Waals surface area (Å²) >= 11 is 0. The van der Waals surface area contributed by atoms with Gasteiger partial charge in [-0.1, -0.05) is 23.8 Å². The molecule has 0 aromatic heterocycles. The molecule has 6 heteroatoms. The van der Waals surface area contributed by atoms with Crippen molar-refractivity contribution in [3.8, 4) is 0 Å². The molecule has 1 aromatic carbocycles. The van der Waals surface area contributed by atoms with Gasteiger partial charge in [0.15, 0.2) is 0 Å². The Morgan fingerprint density at radius 3 is 2.71 bits per heavy atom. The number of esters is 1. The van der Waals surface area contributed by atoms with E-state index in [2.05, 4.69) is 0 Å². The van der Waals surface area contributed by atoms with Crippen LogP contribution in [0, 0.1) is 6.92 Å². The first-order valence-electron chi connectivity index (χ1n) is 7.99. The molecule has 1 atom stereocenters. The van der Waals surface area contributed by atoms with E-state index in [1.165, 1.54) is 0 Å². The molecule has 3 rings (SSSR count). The number of fused-ring (bicyclic) bond motifs is 2. The molecule has 1 aliphatic carbocycles. The molecule has 24 heavy (non-hydrogen) atoms. The number of aryl methyl sites for hydroxylation is 2. The Labute approximate surface area is 140 Å². The van der Waals surface area contributed by atoms with Crippen molar-refractivity contribution in [2.24, 2.45) is 0 Å². The number of hydrogen-bond donors (Lipinski definition) is 0. The summed E-state index contributed by atoms with van der Waals surface area (Å²) in [7, 11) is 0. The Morgan fingerprint density at radius 2 is 2.04 bits per heavy atom. The van der Waals surface area contributed by atoms with Gasteiger partial charge in [0.2, 0.25) is 5.60 Å². The molecule has 0 radical (unpaired) electrons. The lowest BCUT2D eigenvalue weighted by Crippen LogP contribution is -2.41. The quantitative estimate of drug-likeness (QED) is 0.778. The van der Waals surface area contributed by atoms with Gasteiger partial charge in [0.05, 0.1) is 0 Å². The average molecular weight is 331 g/mol. The maximum Gasteiger partial charge on any atom is 0.418 e. The highest BCUT2D eigenvalue weighted by Gasteiger charge is 2.58. The zero-order valence-electron chi connectivity index (χ0n) is 14.3. The summed E-state index contributed by atoms with van der Waals surface area (Å²) in [5.41, 5.74) is 0.850. The molecule has 1 aromatic rings. The van der Waals surface area contributed by atoms with Crippen molar-refractivity contribution in [1.82, 2.24) is 4.90 Å². The van der Waals surface area contributed by atoms with Gasteiger partial charge in [0.25, 0.3) is 5.91 Å². The third-order valence-electron chi connectivity index (χ3n) is 4.22. The number of amides is 2. The minimum absolute atomic E-state index is 0.404. The van der Waals surface area contributed by atoms with Gasteiger partial charge in [0.1, 0.15) is 12.1 Å². The molecule has 1 saturated heterocycles. The summed E-state index contributed by atoms with van der Waals surface area (Å²) < 4.78 is 10.7. The Kier molecular flexibility index (Phi) is 3.66. The second kappa shape index (κ2) is 5.33. The largest absolute Gasteiger partial charge is 0.459 e. The van der Waals surface area contributed by atoms with Gasteiger partial charge >= 0.3 is 12.1 Å². The number of hydrogen-bond acceptors (Lipinski definition) is 5. The number of nitrogens with zero attached hydrogens (tertiary/aromatic N) is 1. The number of rotatable bonds is 2. The van der Waals surface area contributed by atoms with Crippen molar-refractivity contribution in [2.45, 2.75) is 51.7 Å². The van der Waals surface area contributed by atoms with Crippen LogP contribution in [0.3, 0.4) is 0 Å². The van der Waals surface area contributed by atoms with Gasteiger partial charge in [0, 0.05) is 12.0 Å². The topological polar surface area (TPSA) is 72.9 Å². The van der Waals surface area contributed by atoms with Crippen molar-refractivity contribution in [3.63, 3.8) is 0 Å². The third kappa shape index (κ3) is 2.66. The minimum Gasteiger partial charge on any atom is -0.459 e. The van der Waals surface area contributed by atoms with Gasteiger partial charge in [-0.05, 0) is 39.7 Å². The van der Waals surface area contributed by atoms with E-state index >= 15 is 0 Å². The van der Waals surface area contributed by atoms with Crippen molar-refractivity contribution in [3.05, 3.63) is 34.9 Å². The first kappa shape index (κ1) is 16.5. The van der Waals surface area contributed by atoms with Crippen LogP contribution >= 0.6 is 0 Å². The van der Waals surface area contributed by atoms with E-state index in [4.69, 9.17) is 9.47 Å². The van der Waals surface area contributed by atoms with Crippen LogP contribution in [0.5, 0.6) is 0 Å². The summed E-state index contributed by atoms with van der Waals surface area (Å²) in [6, 6.07) is 5.73. The van der Waals surface area contributed by atoms with Crippen molar-refractivity contribution in [2.75, 3.05) is 6.54 Å². The lowest BCUT2D eigenvalue weighted by molar-refractivity contribution is -0.157. The lowest BCUT2D eigenvalue weighted by Gasteiger charge is -2.22. The second-order valence-corrected chi connectivity index (χ2v) is 7.33. The van der Waals surface area contributed by atoms with E-state index in [1.54, 1.807) is 20.8 Å². The Bertz CT molecular complexity index is 733. The zero-order valence-corrected chi connectivity index (χ0v) is 14.3. The number of imide groups is 1. The van der Waals surface area contributed by atoms with Gasteiger partial charge in [-0.3, -0.25) is 9.59 Å². The standard InChI is InChI=1S/C18H21NO5/c1-11-5-6-13-12(9-11)7-8-18(13)15(21)19(16(22)24-18)10-14(20)23-17(2,3)4/h5-6,9H,7-8,10H2,1-4H3/t18-/m0/s1. The second-order valence-electron chi connectivity index (χ2n) is 7.33. The summed E-state index contributed by atoms with van der Waals surface area (Å²) in [6.07, 6.45) is 0.275. The van der Waals surface area contributed by atoms with Crippen LogP contribution in [-0.2, 0) is 31.1 Å². The van der Waals surface area contributed by atoms with Crippen LogP contribution in [0.1, 0.15) is 43.9 Å². The zero-order chi connectivity index (χ0) is 17.7. The van der Waals surface area contributed by atoms with Crippen LogP contribution in [0.15, 0.2) is 18.2 Å². The van der Waals surface area contributed by atoms with Crippen molar-refractivity contribution < 1.29 is 23.9 Å². The molecular formula is C18H21NO5. The van der Waals surface area contributed by atoms with Crippen LogP contribution in [-0.4, -0.2) is 35.0 Å². The highest BCUT2D eigenvalue weighted by Crippen LogP contribution is 2.45. The molecule has 1 heterocycles. The summed E-state index contributed by atoms with van der Waals surface area (Å²) in [4.78, 5) is 37.9. The van der Waals surface area contributed by atoms with E-state index in [9.17, 15) is 14.4 Å². The molecular weight excluding hydrogens is 310 g/mol. The number of ether oxygens (including phenoxy) is 2. The monoisotopic (exact) mass is 331 g/mol. The highest BCUT2D eigenvalue weighted by molar-refractivity contribution is 6.05. The van der Waals surface area contributed by atoms with E-state index in [1.807, 2.05) is 25.1 Å². The molecule has 1 aliphatic heterocycles. The first-order chi connectivity index (χ1) is 11.1. The highest BCUT2D eigenvalue weighted by atomic mass is 16.6. The summed E-state index contributed by atoms with van der Waals surface area (Å²) in [6.45, 7) is 6.73. The molecule has 2 amide bonds. The SMILES string of the molecule is Cc1ccc2c(c1)CC[C@]21OC(=O)N(CC(=O)OC(C)(C)C)C1=O. The number of carbonyl (C=O) groups is 3. The maximum atomic E-state index is 12.9. The fourth-order valence-corrected chi connectivity index (χ4v) is 3.28. The smallest absolute Gasteiger partial charge is 0.418 e. The lowest BCUT2D eigenvalue weighted by atomic mass is 9.94. The Hall–Kier alpha value is -2.37. The predicted molar refractivity (Wildman–Crippen MR) is 85.2 cm³/mol.